The van der Waals surface area contributed by atoms with E-state index in [2.05, 4.69) is 16.0 Å². The number of carbonyl (C=O) groups is 2. The molecule has 2 amide bonds. The van der Waals surface area contributed by atoms with Crippen LogP contribution in [0.5, 0.6) is 17.2 Å². The minimum Gasteiger partial charge on any atom is -0.494 e. The van der Waals surface area contributed by atoms with E-state index in [0.29, 0.717) is 58.0 Å². The van der Waals surface area contributed by atoms with Crippen molar-refractivity contribution in [3.63, 3.8) is 0 Å². The molecule has 1 aliphatic heterocycles. The fourth-order valence-electron chi connectivity index (χ4n) is 3.23. The van der Waals surface area contributed by atoms with Crippen LogP contribution in [0, 0.1) is 0 Å². The first kappa shape index (κ1) is 23.3. The molecule has 10 heteroatoms. The van der Waals surface area contributed by atoms with Gasteiger partial charge in [-0.1, -0.05) is 23.7 Å². The van der Waals surface area contributed by atoms with Gasteiger partial charge in [0.05, 0.1) is 23.4 Å². The molecule has 0 fully saturated rings. The Hall–Kier alpha value is -3.82. The molecule has 0 saturated carbocycles. The maximum Gasteiger partial charge on any atom is 0.257 e. The van der Waals surface area contributed by atoms with Crippen molar-refractivity contribution in [2.45, 2.75) is 0 Å². The number of rotatable bonds is 5. The van der Waals surface area contributed by atoms with E-state index in [-0.39, 0.29) is 11.0 Å². The van der Waals surface area contributed by atoms with Crippen molar-refractivity contribution in [3.05, 3.63) is 76.8 Å². The number of ether oxygens (including phenoxy) is 3. The second kappa shape index (κ2) is 10.4. The molecule has 0 aromatic heterocycles. The molecule has 3 aromatic rings. The van der Waals surface area contributed by atoms with Crippen molar-refractivity contribution in [1.82, 2.24) is 5.32 Å². The monoisotopic (exact) mass is 497 g/mol. The molecule has 0 bridgehead atoms. The van der Waals surface area contributed by atoms with Gasteiger partial charge in [0, 0.05) is 17.3 Å². The molecule has 34 heavy (non-hydrogen) atoms. The fourth-order valence-corrected chi connectivity index (χ4v) is 3.66. The Labute approximate surface area is 206 Å². The van der Waals surface area contributed by atoms with Crippen LogP contribution in [0.25, 0.3) is 0 Å². The average Bonchev–Trinajstić information content (AvgIpc) is 2.84. The molecule has 1 aliphatic rings. The van der Waals surface area contributed by atoms with Gasteiger partial charge < -0.3 is 24.8 Å². The lowest BCUT2D eigenvalue weighted by Gasteiger charge is -2.19. The Morgan fingerprint density at radius 3 is 2.47 bits per heavy atom. The van der Waals surface area contributed by atoms with E-state index < -0.39 is 5.91 Å². The van der Waals surface area contributed by atoms with Crippen LogP contribution in [0.15, 0.2) is 60.7 Å². The lowest BCUT2D eigenvalue weighted by molar-refractivity contribution is 0.0975. The molecule has 1 heterocycles. The number of hydrogen-bond donors (Lipinski definition) is 3. The molecule has 4 rings (SSSR count). The molecular weight excluding hydrogens is 478 g/mol. The predicted molar refractivity (Wildman–Crippen MR) is 134 cm³/mol. The highest BCUT2D eigenvalue weighted by atomic mass is 35.5. The molecule has 0 aliphatic carbocycles. The van der Waals surface area contributed by atoms with Gasteiger partial charge in [0.2, 0.25) is 0 Å². The first-order valence-corrected chi connectivity index (χ1v) is 11.0. The molecular formula is C24H20ClN3O5S. The van der Waals surface area contributed by atoms with Gasteiger partial charge in [-0.3, -0.25) is 14.9 Å². The Morgan fingerprint density at radius 2 is 1.71 bits per heavy atom. The van der Waals surface area contributed by atoms with Crippen LogP contribution in [0.1, 0.15) is 20.7 Å². The third kappa shape index (κ3) is 5.38. The normalized spacial score (nSPS) is 11.8. The number of hydrogen-bond acceptors (Lipinski definition) is 6. The van der Waals surface area contributed by atoms with E-state index >= 15 is 0 Å². The van der Waals surface area contributed by atoms with Crippen LogP contribution in [-0.4, -0.2) is 37.3 Å². The van der Waals surface area contributed by atoms with Gasteiger partial charge in [0.25, 0.3) is 11.8 Å². The summed E-state index contributed by atoms with van der Waals surface area (Å²) < 4.78 is 16.4. The van der Waals surface area contributed by atoms with Crippen molar-refractivity contribution in [2.75, 3.05) is 31.0 Å². The van der Waals surface area contributed by atoms with Crippen LogP contribution < -0.4 is 30.2 Å². The third-order valence-electron chi connectivity index (χ3n) is 4.86. The van der Waals surface area contributed by atoms with Crippen molar-refractivity contribution in [3.8, 4) is 17.2 Å². The number of thiocarbonyl (C=S) groups is 1. The van der Waals surface area contributed by atoms with E-state index in [4.69, 9.17) is 38.0 Å². The molecule has 0 unspecified atom stereocenters. The SMILES string of the molecule is COc1cc(NC(=S)NC(=O)c2ccc3c(c2)OCCO3)ccc1NC(=O)c1ccccc1Cl. The summed E-state index contributed by atoms with van der Waals surface area (Å²) in [5.74, 6) is 0.734. The van der Waals surface area contributed by atoms with Gasteiger partial charge in [0.15, 0.2) is 16.6 Å². The van der Waals surface area contributed by atoms with Gasteiger partial charge in [-0.15, -0.1) is 0 Å². The highest BCUT2D eigenvalue weighted by Gasteiger charge is 2.17. The van der Waals surface area contributed by atoms with Crippen molar-refractivity contribution in [2.24, 2.45) is 0 Å². The minimum atomic E-state index is -0.398. The predicted octanol–water partition coefficient (Wildman–Crippen LogP) is 4.50. The summed E-state index contributed by atoms with van der Waals surface area (Å²) >= 11 is 11.4. The first-order valence-electron chi connectivity index (χ1n) is 10.2. The number of nitrogens with one attached hydrogen (secondary N) is 3. The minimum absolute atomic E-state index is 0.0924. The molecule has 3 aromatic carbocycles. The van der Waals surface area contributed by atoms with Crippen LogP contribution >= 0.6 is 23.8 Å². The molecule has 8 nitrogen and oxygen atoms in total. The largest absolute Gasteiger partial charge is 0.494 e. The highest BCUT2D eigenvalue weighted by molar-refractivity contribution is 7.80. The summed E-state index contributed by atoms with van der Waals surface area (Å²) in [7, 11) is 1.48. The van der Waals surface area contributed by atoms with E-state index in [9.17, 15) is 9.59 Å². The summed E-state index contributed by atoms with van der Waals surface area (Å²) in [5, 5.41) is 8.77. The van der Waals surface area contributed by atoms with Gasteiger partial charge in [0.1, 0.15) is 19.0 Å². The van der Waals surface area contributed by atoms with Gasteiger partial charge in [-0.05, 0) is 54.7 Å². The smallest absolute Gasteiger partial charge is 0.257 e. The Kier molecular flexibility index (Phi) is 7.15. The summed E-state index contributed by atoms with van der Waals surface area (Å²) in [5.41, 5.74) is 1.73. The standard InChI is InChI=1S/C24H20ClN3O5S/c1-31-20-13-15(7-8-18(20)27-23(30)16-4-2-3-5-17(16)25)26-24(34)28-22(29)14-6-9-19-21(12-14)33-11-10-32-19/h2-9,12-13H,10-11H2,1H3,(H,27,30)(H2,26,28,29,34). The van der Waals surface area contributed by atoms with Gasteiger partial charge >= 0.3 is 0 Å². The Morgan fingerprint density at radius 1 is 0.941 bits per heavy atom. The lowest BCUT2D eigenvalue weighted by Crippen LogP contribution is -2.34. The number of carbonyl (C=O) groups excluding carboxylic acids is 2. The van der Waals surface area contributed by atoms with Crippen molar-refractivity contribution in [1.29, 1.82) is 0 Å². The second-order valence-electron chi connectivity index (χ2n) is 7.12. The fraction of sp³-hybridized carbons (Fsp3) is 0.125. The van der Waals surface area contributed by atoms with Crippen LogP contribution in [-0.2, 0) is 0 Å². The van der Waals surface area contributed by atoms with Crippen molar-refractivity contribution < 1.29 is 23.8 Å². The van der Waals surface area contributed by atoms with E-state index in [1.54, 1.807) is 60.7 Å². The summed E-state index contributed by atoms with van der Waals surface area (Å²) in [6.45, 7) is 0.896. The zero-order chi connectivity index (χ0) is 24.1. The molecule has 0 saturated heterocycles. The molecule has 174 valence electrons. The highest BCUT2D eigenvalue weighted by Crippen LogP contribution is 2.31. The van der Waals surface area contributed by atoms with Crippen LogP contribution in [0.3, 0.4) is 0 Å². The van der Waals surface area contributed by atoms with Gasteiger partial charge in [-0.25, -0.2) is 0 Å². The van der Waals surface area contributed by atoms with Crippen LogP contribution in [0.2, 0.25) is 5.02 Å². The molecule has 0 atom stereocenters. The number of halogens is 1. The molecule has 0 radical (unpaired) electrons. The zero-order valence-corrected chi connectivity index (χ0v) is 19.6. The number of fused-ring (bicyclic) bond motifs is 1. The molecule has 0 spiro atoms. The van der Waals surface area contributed by atoms with Crippen LogP contribution in [0.4, 0.5) is 11.4 Å². The zero-order valence-electron chi connectivity index (χ0n) is 18.0. The Bertz CT molecular complexity index is 1270. The topological polar surface area (TPSA) is 97.9 Å². The maximum atomic E-state index is 12.6. The number of amides is 2. The lowest BCUT2D eigenvalue weighted by atomic mass is 10.2. The summed E-state index contributed by atoms with van der Waals surface area (Å²) in [6.07, 6.45) is 0. The number of anilines is 2. The third-order valence-corrected chi connectivity index (χ3v) is 5.39. The summed E-state index contributed by atoms with van der Waals surface area (Å²) in [6, 6.07) is 16.6. The molecule has 3 N–H and O–H groups in total. The van der Waals surface area contributed by atoms with E-state index in [0.717, 1.165) is 0 Å². The number of benzene rings is 3. The maximum absolute atomic E-state index is 12.6. The average molecular weight is 498 g/mol. The first-order chi connectivity index (χ1) is 16.4. The van der Waals surface area contributed by atoms with Gasteiger partial charge in [-0.2, -0.15) is 0 Å². The second-order valence-corrected chi connectivity index (χ2v) is 7.93. The Balaban J connectivity index is 1.40. The van der Waals surface area contributed by atoms with Crippen molar-refractivity contribution >= 4 is 52.1 Å². The summed E-state index contributed by atoms with van der Waals surface area (Å²) in [4.78, 5) is 25.1. The van der Waals surface area contributed by atoms with E-state index in [1.165, 1.54) is 7.11 Å². The quantitative estimate of drug-likeness (QED) is 0.446. The van der Waals surface area contributed by atoms with E-state index in [1.807, 2.05) is 0 Å². The number of methoxy groups -OCH3 is 1.